The quantitative estimate of drug-likeness (QED) is 0.521. The van der Waals surface area contributed by atoms with E-state index in [1.807, 2.05) is 0 Å². The fourth-order valence-electron chi connectivity index (χ4n) is 1.09. The highest BCUT2D eigenvalue weighted by atomic mass is 31.2. The number of hydrogen-bond acceptors (Lipinski definition) is 2. The maximum absolute atomic E-state index is 11.1. The minimum absolute atomic E-state index is 0.128. The molecule has 0 spiro atoms. The van der Waals surface area contributed by atoms with Crippen LogP contribution in [0.2, 0.25) is 0 Å². The van der Waals surface area contributed by atoms with E-state index in [1.54, 1.807) is 18.2 Å². The van der Waals surface area contributed by atoms with Crippen LogP contribution in [0, 0.1) is 0 Å². The number of benzene rings is 1. The highest BCUT2D eigenvalue weighted by Crippen LogP contribution is 2.55. The summed E-state index contributed by atoms with van der Waals surface area (Å²) in [5.74, 6) is 0. The van der Waals surface area contributed by atoms with E-state index in [0.717, 1.165) is 6.08 Å². The Labute approximate surface area is 81.7 Å². The largest absolute Gasteiger partial charge is 0.370 e. The molecule has 1 atom stereocenters. The van der Waals surface area contributed by atoms with Crippen LogP contribution in [0.25, 0.3) is 0 Å². The first-order valence-corrected chi connectivity index (χ1v) is 5.50. The number of aliphatic hydroxyl groups is 1. The van der Waals surface area contributed by atoms with Crippen molar-refractivity contribution >= 4 is 7.60 Å². The first-order chi connectivity index (χ1) is 6.42. The van der Waals surface area contributed by atoms with Gasteiger partial charge in [-0.25, -0.2) is 0 Å². The standard InChI is InChI=1S/C9H11O4P/c1-2-9(10,14(11,12)13)8-6-4-3-5-7-8/h2-7,10H,1H2,(H2,11,12,13). The molecular formula is C9H11O4P. The Morgan fingerprint density at radius 1 is 1.29 bits per heavy atom. The molecule has 0 aliphatic rings. The van der Waals surface area contributed by atoms with Gasteiger partial charge < -0.3 is 14.9 Å². The van der Waals surface area contributed by atoms with Gasteiger partial charge in [0.2, 0.25) is 5.34 Å². The Kier molecular flexibility index (Phi) is 2.92. The summed E-state index contributed by atoms with van der Waals surface area (Å²) >= 11 is 0. The molecular weight excluding hydrogens is 203 g/mol. The van der Waals surface area contributed by atoms with Crippen molar-refractivity contribution in [3.8, 4) is 0 Å². The molecule has 14 heavy (non-hydrogen) atoms. The van der Waals surface area contributed by atoms with E-state index in [4.69, 9.17) is 9.79 Å². The van der Waals surface area contributed by atoms with Crippen molar-refractivity contribution in [1.29, 1.82) is 0 Å². The van der Waals surface area contributed by atoms with Crippen LogP contribution in [0.5, 0.6) is 0 Å². The molecule has 4 nitrogen and oxygen atoms in total. The van der Waals surface area contributed by atoms with E-state index in [2.05, 4.69) is 6.58 Å². The molecule has 0 aliphatic carbocycles. The zero-order valence-electron chi connectivity index (χ0n) is 7.37. The molecule has 1 aromatic carbocycles. The zero-order chi connectivity index (χ0) is 10.8. The summed E-state index contributed by atoms with van der Waals surface area (Å²) in [5, 5.41) is 7.45. The minimum Gasteiger partial charge on any atom is -0.370 e. The molecule has 0 radical (unpaired) electrons. The third-order valence-electron chi connectivity index (χ3n) is 1.93. The van der Waals surface area contributed by atoms with Gasteiger partial charge in [0.1, 0.15) is 0 Å². The highest BCUT2D eigenvalue weighted by Gasteiger charge is 2.43. The number of hydrogen-bond donors (Lipinski definition) is 3. The molecule has 0 saturated heterocycles. The van der Waals surface area contributed by atoms with Gasteiger partial charge in [-0.1, -0.05) is 36.9 Å². The first-order valence-electron chi connectivity index (χ1n) is 3.89. The Morgan fingerprint density at radius 2 is 1.79 bits per heavy atom. The van der Waals surface area contributed by atoms with E-state index in [0.29, 0.717) is 0 Å². The summed E-state index contributed by atoms with van der Waals surface area (Å²) in [4.78, 5) is 18.0. The van der Waals surface area contributed by atoms with Crippen molar-refractivity contribution in [2.45, 2.75) is 5.34 Å². The van der Waals surface area contributed by atoms with Crippen LogP contribution in [0.4, 0.5) is 0 Å². The van der Waals surface area contributed by atoms with Crippen LogP contribution in [0.1, 0.15) is 5.56 Å². The molecule has 1 unspecified atom stereocenters. The maximum atomic E-state index is 11.1. The van der Waals surface area contributed by atoms with Gasteiger partial charge in [-0.2, -0.15) is 0 Å². The van der Waals surface area contributed by atoms with Gasteiger partial charge >= 0.3 is 7.60 Å². The predicted octanol–water partition coefficient (Wildman–Crippen LogP) is 1.20. The van der Waals surface area contributed by atoms with Crippen LogP contribution < -0.4 is 0 Å². The fraction of sp³-hybridized carbons (Fsp3) is 0.111. The molecule has 0 saturated carbocycles. The second-order valence-electron chi connectivity index (χ2n) is 2.84. The second kappa shape index (κ2) is 3.67. The number of rotatable bonds is 3. The highest BCUT2D eigenvalue weighted by molar-refractivity contribution is 7.53. The van der Waals surface area contributed by atoms with Crippen molar-refractivity contribution in [2.75, 3.05) is 0 Å². The molecule has 1 aromatic rings. The summed E-state index contributed by atoms with van der Waals surface area (Å²) in [6.45, 7) is 3.23. The third-order valence-corrected chi connectivity index (χ3v) is 3.26. The van der Waals surface area contributed by atoms with Gasteiger partial charge in [-0.3, -0.25) is 4.57 Å². The lowest BCUT2D eigenvalue weighted by molar-refractivity contribution is 0.136. The van der Waals surface area contributed by atoms with E-state index >= 15 is 0 Å². The molecule has 0 aliphatic heterocycles. The SMILES string of the molecule is C=CC(O)(c1ccccc1)P(=O)(O)O. The van der Waals surface area contributed by atoms with Crippen molar-refractivity contribution in [3.63, 3.8) is 0 Å². The van der Waals surface area contributed by atoms with Crippen molar-refractivity contribution < 1.29 is 19.5 Å². The monoisotopic (exact) mass is 214 g/mol. The fourth-order valence-corrected chi connectivity index (χ4v) is 1.81. The van der Waals surface area contributed by atoms with Gasteiger partial charge in [-0.15, -0.1) is 0 Å². The summed E-state index contributed by atoms with van der Waals surface area (Å²) in [6, 6.07) is 7.72. The van der Waals surface area contributed by atoms with Crippen molar-refractivity contribution in [2.24, 2.45) is 0 Å². The summed E-state index contributed by atoms with van der Waals surface area (Å²) < 4.78 is 11.1. The lowest BCUT2D eigenvalue weighted by Crippen LogP contribution is -2.22. The van der Waals surface area contributed by atoms with Gasteiger partial charge in [0.25, 0.3) is 0 Å². The van der Waals surface area contributed by atoms with Gasteiger partial charge in [0.05, 0.1) is 0 Å². The second-order valence-corrected chi connectivity index (χ2v) is 4.61. The molecule has 76 valence electrons. The molecule has 0 aromatic heterocycles. The van der Waals surface area contributed by atoms with Crippen LogP contribution in [-0.2, 0) is 9.91 Å². The summed E-state index contributed by atoms with van der Waals surface area (Å²) in [6.07, 6.45) is 0.850. The maximum Gasteiger partial charge on any atom is 0.365 e. The normalized spacial score (nSPS) is 15.9. The average molecular weight is 214 g/mol. The first kappa shape index (κ1) is 11.1. The Balaban J connectivity index is 3.30. The topological polar surface area (TPSA) is 77.8 Å². The van der Waals surface area contributed by atoms with Crippen molar-refractivity contribution in [1.82, 2.24) is 0 Å². The molecule has 5 heteroatoms. The van der Waals surface area contributed by atoms with E-state index in [1.165, 1.54) is 12.1 Å². The van der Waals surface area contributed by atoms with Crippen LogP contribution in [-0.4, -0.2) is 14.9 Å². The predicted molar refractivity (Wildman–Crippen MR) is 52.6 cm³/mol. The van der Waals surface area contributed by atoms with Crippen LogP contribution in [0.15, 0.2) is 43.0 Å². The molecule has 1 rings (SSSR count). The lowest BCUT2D eigenvalue weighted by Gasteiger charge is -2.25. The van der Waals surface area contributed by atoms with Crippen LogP contribution >= 0.6 is 7.60 Å². The van der Waals surface area contributed by atoms with E-state index in [9.17, 15) is 9.67 Å². The molecule has 0 fully saturated rings. The summed E-state index contributed by atoms with van der Waals surface area (Å²) in [5.41, 5.74) is 0.128. The van der Waals surface area contributed by atoms with Gasteiger partial charge in [0, 0.05) is 0 Å². The third kappa shape index (κ3) is 1.79. The Hall–Kier alpha value is -0.930. The summed E-state index contributed by atoms with van der Waals surface area (Å²) in [7, 11) is -4.67. The molecule has 0 heterocycles. The van der Waals surface area contributed by atoms with E-state index in [-0.39, 0.29) is 5.56 Å². The lowest BCUT2D eigenvalue weighted by atomic mass is 10.1. The molecule has 3 N–H and O–H groups in total. The van der Waals surface area contributed by atoms with Crippen molar-refractivity contribution in [3.05, 3.63) is 48.6 Å². The molecule has 0 amide bonds. The van der Waals surface area contributed by atoms with Gasteiger partial charge in [-0.05, 0) is 11.6 Å². The Morgan fingerprint density at radius 3 is 2.14 bits per heavy atom. The minimum atomic E-state index is -4.67. The van der Waals surface area contributed by atoms with Crippen LogP contribution in [0.3, 0.4) is 0 Å². The Bertz CT molecular complexity index is 370. The smallest absolute Gasteiger partial charge is 0.365 e. The van der Waals surface area contributed by atoms with Gasteiger partial charge in [0.15, 0.2) is 0 Å². The van der Waals surface area contributed by atoms with E-state index < -0.39 is 12.9 Å². The molecule has 0 bridgehead atoms. The average Bonchev–Trinajstić information content (AvgIpc) is 2.16. The zero-order valence-corrected chi connectivity index (χ0v) is 8.26.